The fraction of sp³-hybridized carbons (Fsp3) is 0.143. The van der Waals surface area contributed by atoms with Gasteiger partial charge >= 0.3 is 6.09 Å². The number of amides is 1. The van der Waals surface area contributed by atoms with Crippen LogP contribution in [0.25, 0.3) is 0 Å². The second kappa shape index (κ2) is 9.27. The highest BCUT2D eigenvalue weighted by molar-refractivity contribution is 5.98. The molecular weight excluding hydrogens is 356 g/mol. The lowest BCUT2D eigenvalue weighted by Crippen LogP contribution is -2.23. The number of nitrogens with zero attached hydrogens (tertiary/aromatic N) is 2. The van der Waals surface area contributed by atoms with E-state index in [1.165, 1.54) is 0 Å². The Kier molecular flexibility index (Phi) is 6.30. The zero-order valence-corrected chi connectivity index (χ0v) is 15.2. The smallest absolute Gasteiger partial charge is 0.407 e. The third kappa shape index (κ3) is 5.38. The monoisotopic (exact) mass is 376 g/mol. The number of nitrogens with one attached hydrogen (secondary N) is 1. The summed E-state index contributed by atoms with van der Waals surface area (Å²) in [6, 6.07) is 14.2. The SMILES string of the molecule is Nc1ncccc1CC(=O)c1ccc(CNC(=O)OCc2cccnc2)cc1. The Bertz CT molecular complexity index is 943. The van der Waals surface area contributed by atoms with E-state index in [-0.39, 0.29) is 18.8 Å². The maximum Gasteiger partial charge on any atom is 0.407 e. The molecule has 3 aromatic rings. The number of pyridine rings is 2. The lowest BCUT2D eigenvalue weighted by molar-refractivity contribution is 0.0993. The van der Waals surface area contributed by atoms with E-state index in [4.69, 9.17) is 10.5 Å². The van der Waals surface area contributed by atoms with Gasteiger partial charge in [-0.15, -0.1) is 0 Å². The summed E-state index contributed by atoms with van der Waals surface area (Å²) < 4.78 is 5.13. The van der Waals surface area contributed by atoms with Crippen molar-refractivity contribution < 1.29 is 14.3 Å². The number of alkyl carbamates (subject to hydrolysis) is 1. The minimum absolute atomic E-state index is 0.0462. The Hall–Kier alpha value is -3.74. The average Bonchev–Trinajstić information content (AvgIpc) is 2.73. The average molecular weight is 376 g/mol. The highest BCUT2D eigenvalue weighted by Gasteiger charge is 2.10. The predicted molar refractivity (Wildman–Crippen MR) is 104 cm³/mol. The standard InChI is InChI=1S/C21H20N4O3/c22-20-18(4-2-10-24-20)11-19(26)17-7-5-15(6-8-17)13-25-21(27)28-14-16-3-1-9-23-12-16/h1-10,12H,11,13-14H2,(H2,22,24)(H,25,27). The van der Waals surface area contributed by atoms with Crippen LogP contribution < -0.4 is 11.1 Å². The first-order valence-electron chi connectivity index (χ1n) is 8.73. The van der Waals surface area contributed by atoms with Gasteiger partial charge in [0.1, 0.15) is 12.4 Å². The van der Waals surface area contributed by atoms with Crippen molar-refractivity contribution in [1.82, 2.24) is 15.3 Å². The van der Waals surface area contributed by atoms with Crippen LogP contribution in [0.4, 0.5) is 10.6 Å². The molecule has 0 bridgehead atoms. The minimum Gasteiger partial charge on any atom is -0.445 e. The number of rotatable bonds is 7. The summed E-state index contributed by atoms with van der Waals surface area (Å²) in [6.07, 6.45) is 4.56. The molecule has 0 unspecified atom stereocenters. The largest absolute Gasteiger partial charge is 0.445 e. The number of carbonyl (C=O) groups is 2. The van der Waals surface area contributed by atoms with E-state index in [1.807, 2.05) is 6.07 Å². The number of nitrogens with two attached hydrogens (primary N) is 1. The van der Waals surface area contributed by atoms with Crippen LogP contribution >= 0.6 is 0 Å². The van der Waals surface area contributed by atoms with Gasteiger partial charge in [-0.3, -0.25) is 9.78 Å². The number of Topliss-reactive ketones (excluding diaryl/α,β-unsaturated/α-hetero) is 1. The fourth-order valence-corrected chi connectivity index (χ4v) is 2.54. The van der Waals surface area contributed by atoms with E-state index in [1.54, 1.807) is 61.1 Å². The van der Waals surface area contributed by atoms with Gasteiger partial charge in [-0.05, 0) is 17.7 Å². The zero-order valence-electron chi connectivity index (χ0n) is 15.2. The number of nitrogen functional groups attached to an aromatic ring is 1. The molecule has 0 saturated carbocycles. The number of hydrogen-bond donors (Lipinski definition) is 2. The van der Waals surface area contributed by atoms with Crippen molar-refractivity contribution in [3.63, 3.8) is 0 Å². The van der Waals surface area contributed by atoms with Crippen molar-refractivity contribution in [1.29, 1.82) is 0 Å². The van der Waals surface area contributed by atoms with Crippen molar-refractivity contribution >= 4 is 17.7 Å². The van der Waals surface area contributed by atoms with Crippen LogP contribution in [-0.4, -0.2) is 21.8 Å². The molecule has 0 radical (unpaired) electrons. The van der Waals surface area contributed by atoms with Crippen molar-refractivity contribution in [3.8, 4) is 0 Å². The number of ether oxygens (including phenoxy) is 1. The van der Waals surface area contributed by atoms with Gasteiger partial charge in [0.05, 0.1) is 0 Å². The van der Waals surface area contributed by atoms with Crippen molar-refractivity contribution in [3.05, 3.63) is 89.4 Å². The number of hydrogen-bond acceptors (Lipinski definition) is 6. The van der Waals surface area contributed by atoms with Crippen LogP contribution in [0.3, 0.4) is 0 Å². The number of benzene rings is 1. The summed E-state index contributed by atoms with van der Waals surface area (Å²) in [4.78, 5) is 32.1. The quantitative estimate of drug-likeness (QED) is 0.614. The first-order valence-corrected chi connectivity index (χ1v) is 8.73. The van der Waals surface area contributed by atoms with E-state index in [0.717, 1.165) is 11.1 Å². The molecule has 1 amide bonds. The molecule has 0 atom stereocenters. The van der Waals surface area contributed by atoms with Crippen molar-refractivity contribution in [2.75, 3.05) is 5.73 Å². The van der Waals surface area contributed by atoms with Gasteiger partial charge in [-0.1, -0.05) is 36.4 Å². The Morgan fingerprint density at radius 3 is 2.50 bits per heavy atom. The van der Waals surface area contributed by atoms with Gasteiger partial charge in [0, 0.05) is 48.2 Å². The maximum absolute atomic E-state index is 12.4. The summed E-state index contributed by atoms with van der Waals surface area (Å²) in [5, 5.41) is 2.67. The van der Waals surface area contributed by atoms with Crippen molar-refractivity contribution in [2.24, 2.45) is 0 Å². The summed E-state index contributed by atoms with van der Waals surface area (Å²) in [5.74, 6) is 0.316. The number of aromatic nitrogens is 2. The highest BCUT2D eigenvalue weighted by atomic mass is 16.5. The molecule has 3 rings (SSSR count). The first kappa shape index (κ1) is 19.0. The number of ketones is 1. The molecule has 0 saturated heterocycles. The second-order valence-electron chi connectivity index (χ2n) is 6.14. The number of anilines is 1. The Balaban J connectivity index is 1.48. The Morgan fingerprint density at radius 2 is 1.79 bits per heavy atom. The topological polar surface area (TPSA) is 107 Å². The molecule has 7 heteroatoms. The Morgan fingerprint density at radius 1 is 1.00 bits per heavy atom. The van der Waals surface area contributed by atoms with E-state index in [2.05, 4.69) is 15.3 Å². The lowest BCUT2D eigenvalue weighted by atomic mass is 10.0. The molecule has 2 heterocycles. The number of carbonyl (C=O) groups excluding carboxylic acids is 2. The molecule has 3 N–H and O–H groups in total. The third-order valence-corrected chi connectivity index (χ3v) is 4.08. The summed E-state index contributed by atoms with van der Waals surface area (Å²) in [7, 11) is 0. The molecule has 142 valence electrons. The molecule has 7 nitrogen and oxygen atoms in total. The summed E-state index contributed by atoms with van der Waals surface area (Å²) >= 11 is 0. The molecule has 0 spiro atoms. The predicted octanol–water partition coefficient (Wildman–Crippen LogP) is 2.91. The lowest BCUT2D eigenvalue weighted by Gasteiger charge is -2.08. The highest BCUT2D eigenvalue weighted by Crippen LogP contribution is 2.13. The molecule has 0 fully saturated rings. The van der Waals surface area contributed by atoms with Gasteiger partial charge in [0.25, 0.3) is 0 Å². The van der Waals surface area contributed by atoms with Crippen LogP contribution in [0, 0.1) is 0 Å². The van der Waals surface area contributed by atoms with Crippen molar-refractivity contribution in [2.45, 2.75) is 19.6 Å². The second-order valence-corrected chi connectivity index (χ2v) is 6.14. The molecule has 1 aromatic carbocycles. The molecule has 28 heavy (non-hydrogen) atoms. The van der Waals surface area contributed by atoms with Gasteiger partial charge < -0.3 is 15.8 Å². The van der Waals surface area contributed by atoms with E-state index in [9.17, 15) is 9.59 Å². The third-order valence-electron chi connectivity index (χ3n) is 4.08. The van der Waals surface area contributed by atoms with Gasteiger partial charge in [-0.2, -0.15) is 0 Å². The van der Waals surface area contributed by atoms with Crippen LogP contribution in [0.5, 0.6) is 0 Å². The molecule has 0 aliphatic rings. The van der Waals surface area contributed by atoms with E-state index >= 15 is 0 Å². The normalized spacial score (nSPS) is 10.3. The Labute approximate surface area is 162 Å². The molecule has 0 aliphatic carbocycles. The molecule has 0 aliphatic heterocycles. The summed E-state index contributed by atoms with van der Waals surface area (Å²) in [5.41, 5.74) is 8.73. The van der Waals surface area contributed by atoms with Gasteiger partial charge in [0.2, 0.25) is 0 Å². The molecule has 2 aromatic heterocycles. The van der Waals surface area contributed by atoms with E-state index in [0.29, 0.717) is 23.5 Å². The summed E-state index contributed by atoms with van der Waals surface area (Å²) in [6.45, 7) is 0.459. The van der Waals surface area contributed by atoms with Gasteiger partial charge in [-0.25, -0.2) is 9.78 Å². The van der Waals surface area contributed by atoms with E-state index < -0.39 is 6.09 Å². The molecular formula is C21H20N4O3. The van der Waals surface area contributed by atoms with Crippen LogP contribution in [0.2, 0.25) is 0 Å². The maximum atomic E-state index is 12.4. The van der Waals surface area contributed by atoms with Crippen LogP contribution in [0.1, 0.15) is 27.0 Å². The van der Waals surface area contributed by atoms with Crippen LogP contribution in [-0.2, 0) is 24.3 Å². The first-order chi connectivity index (χ1) is 13.6. The van der Waals surface area contributed by atoms with Crippen LogP contribution in [0.15, 0.2) is 67.1 Å². The van der Waals surface area contributed by atoms with Gasteiger partial charge in [0.15, 0.2) is 5.78 Å². The fourth-order valence-electron chi connectivity index (χ4n) is 2.54. The minimum atomic E-state index is -0.518. The zero-order chi connectivity index (χ0) is 19.8.